The van der Waals surface area contributed by atoms with E-state index in [9.17, 15) is 4.79 Å². The molecule has 0 aliphatic heterocycles. The number of hydrogen-bond acceptors (Lipinski definition) is 3. The van der Waals surface area contributed by atoms with E-state index in [-0.39, 0.29) is 5.91 Å². The number of nitrogens with zero attached hydrogens (tertiary/aromatic N) is 3. The van der Waals surface area contributed by atoms with Crippen molar-refractivity contribution in [1.82, 2.24) is 14.7 Å². The van der Waals surface area contributed by atoms with Crippen molar-refractivity contribution in [3.05, 3.63) is 65.1 Å². The average Bonchev–Trinajstić information content (AvgIpc) is 2.94. The molecule has 1 amide bonds. The molecule has 6 heteroatoms. The summed E-state index contributed by atoms with van der Waals surface area (Å²) in [5.41, 5.74) is 3.26. The Morgan fingerprint density at radius 1 is 1.17 bits per heavy atom. The van der Waals surface area contributed by atoms with Crippen LogP contribution in [0.1, 0.15) is 16.1 Å². The zero-order valence-corrected chi connectivity index (χ0v) is 13.7. The minimum Gasteiger partial charge on any atom is -0.378 e. The number of fused-ring (bicyclic) bond motifs is 1. The summed E-state index contributed by atoms with van der Waals surface area (Å²) in [6.45, 7) is 0.369. The van der Waals surface area contributed by atoms with Crippen molar-refractivity contribution in [2.24, 2.45) is 0 Å². The maximum atomic E-state index is 12.2. The molecule has 0 fully saturated rings. The maximum Gasteiger partial charge on any atom is 0.251 e. The molecule has 0 radical (unpaired) electrons. The number of carbonyl (C=O) groups is 1. The molecule has 5 nitrogen and oxygen atoms in total. The number of halogens is 1. The molecule has 3 aromatic rings. The normalized spacial score (nSPS) is 10.7. The van der Waals surface area contributed by atoms with Crippen LogP contribution in [0.3, 0.4) is 0 Å². The van der Waals surface area contributed by atoms with Gasteiger partial charge in [-0.15, -0.1) is 0 Å². The largest absolute Gasteiger partial charge is 0.378 e. The molecule has 0 aliphatic carbocycles. The van der Waals surface area contributed by atoms with Gasteiger partial charge in [0, 0.05) is 37.7 Å². The minimum absolute atomic E-state index is 0.120. The Hall–Kier alpha value is -2.53. The smallest absolute Gasteiger partial charge is 0.251 e. The number of rotatable bonds is 4. The lowest BCUT2D eigenvalue weighted by Crippen LogP contribution is -2.23. The van der Waals surface area contributed by atoms with E-state index in [2.05, 4.69) is 10.3 Å². The molecule has 0 unspecified atom stereocenters. The van der Waals surface area contributed by atoms with Gasteiger partial charge in [-0.25, -0.2) is 4.98 Å². The molecule has 0 atom stereocenters. The second-order valence-electron chi connectivity index (χ2n) is 5.47. The molecule has 118 valence electrons. The van der Waals surface area contributed by atoms with Crippen LogP contribution in [-0.2, 0) is 6.54 Å². The van der Waals surface area contributed by atoms with Crippen molar-refractivity contribution in [2.45, 2.75) is 6.54 Å². The van der Waals surface area contributed by atoms with Gasteiger partial charge in [0.05, 0.1) is 17.3 Å². The van der Waals surface area contributed by atoms with Gasteiger partial charge < -0.3 is 14.6 Å². The van der Waals surface area contributed by atoms with Gasteiger partial charge in [-0.2, -0.15) is 0 Å². The van der Waals surface area contributed by atoms with Crippen molar-refractivity contribution in [1.29, 1.82) is 0 Å². The first-order valence-electron chi connectivity index (χ1n) is 7.21. The van der Waals surface area contributed by atoms with Crippen LogP contribution in [0.15, 0.2) is 48.8 Å². The van der Waals surface area contributed by atoms with Crippen molar-refractivity contribution < 1.29 is 4.79 Å². The number of pyridine rings is 1. The molecule has 0 saturated heterocycles. The lowest BCUT2D eigenvalue weighted by Gasteiger charge is -2.12. The Balaban J connectivity index is 1.67. The zero-order chi connectivity index (χ0) is 16.4. The van der Waals surface area contributed by atoms with Gasteiger partial charge in [-0.1, -0.05) is 11.6 Å². The van der Waals surface area contributed by atoms with E-state index in [4.69, 9.17) is 11.6 Å². The Kier molecular flexibility index (Phi) is 4.21. The third-order valence-corrected chi connectivity index (χ3v) is 3.76. The highest BCUT2D eigenvalue weighted by atomic mass is 35.5. The molecule has 2 aromatic heterocycles. The summed E-state index contributed by atoms with van der Waals surface area (Å²) in [6.07, 6.45) is 3.64. The molecule has 0 aliphatic rings. The number of carbonyl (C=O) groups excluding carboxylic acids is 1. The first-order valence-corrected chi connectivity index (χ1v) is 7.59. The highest BCUT2D eigenvalue weighted by Crippen LogP contribution is 2.13. The predicted molar refractivity (Wildman–Crippen MR) is 92.1 cm³/mol. The number of aromatic nitrogens is 2. The summed E-state index contributed by atoms with van der Waals surface area (Å²) < 4.78 is 1.84. The molecule has 0 spiro atoms. The average molecular weight is 329 g/mol. The summed E-state index contributed by atoms with van der Waals surface area (Å²) in [5.74, 6) is -0.120. The van der Waals surface area contributed by atoms with Crippen LogP contribution >= 0.6 is 11.6 Å². The van der Waals surface area contributed by atoms with Crippen LogP contribution in [-0.4, -0.2) is 29.4 Å². The quantitative estimate of drug-likeness (QED) is 0.801. The van der Waals surface area contributed by atoms with Crippen LogP contribution in [0, 0.1) is 0 Å². The van der Waals surface area contributed by atoms with Gasteiger partial charge in [0.1, 0.15) is 5.65 Å². The van der Waals surface area contributed by atoms with E-state index in [0.29, 0.717) is 17.1 Å². The van der Waals surface area contributed by atoms with Gasteiger partial charge in [0.2, 0.25) is 0 Å². The number of nitrogens with one attached hydrogen (secondary N) is 1. The summed E-state index contributed by atoms with van der Waals surface area (Å²) in [6, 6.07) is 11.1. The number of anilines is 1. The Labute approximate surface area is 139 Å². The Morgan fingerprint density at radius 2 is 1.91 bits per heavy atom. The molecule has 0 bridgehead atoms. The van der Waals surface area contributed by atoms with E-state index >= 15 is 0 Å². The molecule has 2 heterocycles. The monoisotopic (exact) mass is 328 g/mol. The number of hydrogen-bond donors (Lipinski definition) is 1. The SMILES string of the molecule is CN(C)c1ccc(C(=O)NCc2cn3cc(Cl)ccc3n2)cc1. The molecular weight excluding hydrogens is 312 g/mol. The van der Waals surface area contributed by atoms with Crippen LogP contribution in [0.2, 0.25) is 5.02 Å². The van der Waals surface area contributed by atoms with E-state index in [1.54, 1.807) is 12.3 Å². The third-order valence-electron chi connectivity index (χ3n) is 3.54. The fourth-order valence-corrected chi connectivity index (χ4v) is 2.45. The van der Waals surface area contributed by atoms with Crippen molar-refractivity contribution in [2.75, 3.05) is 19.0 Å². The second-order valence-corrected chi connectivity index (χ2v) is 5.91. The van der Waals surface area contributed by atoms with Gasteiger partial charge in [-0.3, -0.25) is 4.79 Å². The topological polar surface area (TPSA) is 49.6 Å². The number of amides is 1. The highest BCUT2D eigenvalue weighted by molar-refractivity contribution is 6.30. The Bertz CT molecular complexity index is 839. The highest BCUT2D eigenvalue weighted by Gasteiger charge is 2.08. The summed E-state index contributed by atoms with van der Waals surface area (Å²) in [4.78, 5) is 18.6. The number of benzene rings is 1. The van der Waals surface area contributed by atoms with E-state index in [1.165, 1.54) is 0 Å². The fraction of sp³-hybridized carbons (Fsp3) is 0.176. The summed E-state index contributed by atoms with van der Waals surface area (Å²) >= 11 is 5.95. The standard InChI is InChI=1S/C17H17ClN4O/c1-21(2)15-6-3-12(4-7-15)17(23)19-9-14-11-22-10-13(18)5-8-16(22)20-14/h3-8,10-11H,9H2,1-2H3,(H,19,23). The van der Waals surface area contributed by atoms with Gasteiger partial charge in [0.15, 0.2) is 0 Å². The van der Waals surface area contributed by atoms with Crippen molar-refractivity contribution in [3.8, 4) is 0 Å². The summed E-state index contributed by atoms with van der Waals surface area (Å²) in [7, 11) is 3.93. The van der Waals surface area contributed by atoms with E-state index < -0.39 is 0 Å². The van der Waals surface area contributed by atoms with Crippen LogP contribution in [0.5, 0.6) is 0 Å². The molecule has 1 N–H and O–H groups in total. The van der Waals surface area contributed by atoms with Crippen LogP contribution < -0.4 is 10.2 Å². The van der Waals surface area contributed by atoms with Gasteiger partial charge >= 0.3 is 0 Å². The fourth-order valence-electron chi connectivity index (χ4n) is 2.29. The molecule has 3 rings (SSSR count). The minimum atomic E-state index is -0.120. The van der Waals surface area contributed by atoms with E-state index in [0.717, 1.165) is 17.0 Å². The van der Waals surface area contributed by atoms with Crippen molar-refractivity contribution >= 4 is 28.8 Å². The molecular formula is C17H17ClN4O. The molecule has 1 aromatic carbocycles. The first kappa shape index (κ1) is 15.4. The first-order chi connectivity index (χ1) is 11.0. The third kappa shape index (κ3) is 3.46. The number of imidazole rings is 1. The zero-order valence-electron chi connectivity index (χ0n) is 13.0. The van der Waals surface area contributed by atoms with Crippen molar-refractivity contribution in [3.63, 3.8) is 0 Å². The second kappa shape index (κ2) is 6.30. The predicted octanol–water partition coefficient (Wildman–Crippen LogP) is 2.98. The van der Waals surface area contributed by atoms with Crippen LogP contribution in [0.25, 0.3) is 5.65 Å². The molecule has 23 heavy (non-hydrogen) atoms. The van der Waals surface area contributed by atoms with E-state index in [1.807, 2.05) is 59.9 Å². The lowest BCUT2D eigenvalue weighted by molar-refractivity contribution is 0.0950. The lowest BCUT2D eigenvalue weighted by atomic mass is 10.2. The van der Waals surface area contributed by atoms with Crippen LogP contribution in [0.4, 0.5) is 5.69 Å². The van der Waals surface area contributed by atoms with Gasteiger partial charge in [-0.05, 0) is 36.4 Å². The van der Waals surface area contributed by atoms with Gasteiger partial charge in [0.25, 0.3) is 5.91 Å². The maximum absolute atomic E-state index is 12.2. The Morgan fingerprint density at radius 3 is 2.61 bits per heavy atom. The summed E-state index contributed by atoms with van der Waals surface area (Å²) in [5, 5.41) is 3.52. The molecule has 0 saturated carbocycles.